The lowest BCUT2D eigenvalue weighted by Crippen LogP contribution is -2.53. The van der Waals surface area contributed by atoms with Crippen molar-refractivity contribution in [3.63, 3.8) is 0 Å². The van der Waals surface area contributed by atoms with Crippen LogP contribution in [0.3, 0.4) is 0 Å². The maximum absolute atomic E-state index is 12.8. The number of rotatable bonds is 1. The number of amides is 3. The Labute approximate surface area is 99.4 Å². The van der Waals surface area contributed by atoms with Gasteiger partial charge in [0, 0.05) is 4.90 Å². The highest BCUT2D eigenvalue weighted by atomic mass is 32.2. The average molecular weight is 252 g/mol. The fourth-order valence-electron chi connectivity index (χ4n) is 1.58. The number of hydrogen-bond donors (Lipinski definition) is 1. The molecule has 17 heavy (non-hydrogen) atoms. The largest absolute Gasteiger partial charge is 0.356 e. The molecule has 0 radical (unpaired) electrons. The number of carbonyl (C=O) groups is 2. The van der Waals surface area contributed by atoms with Gasteiger partial charge >= 0.3 is 6.03 Å². The van der Waals surface area contributed by atoms with Gasteiger partial charge in [0.1, 0.15) is 4.75 Å². The molecule has 1 N–H and O–H groups in total. The van der Waals surface area contributed by atoms with Crippen molar-refractivity contribution in [2.45, 2.75) is 23.5 Å². The van der Waals surface area contributed by atoms with Crippen LogP contribution in [0.2, 0.25) is 0 Å². The van der Waals surface area contributed by atoms with Crippen LogP contribution in [-0.2, 0) is 14.5 Å². The molecule has 1 aromatic carbocycles. The van der Waals surface area contributed by atoms with Crippen molar-refractivity contribution in [2.24, 2.45) is 4.36 Å². The first-order chi connectivity index (χ1) is 7.88. The lowest BCUT2D eigenvalue weighted by Gasteiger charge is -2.30. The van der Waals surface area contributed by atoms with E-state index in [0.717, 1.165) is 0 Å². The number of carbonyl (C=O) groups excluding carboxylic acids is 2. The number of imide groups is 1. The predicted octanol–water partition coefficient (Wildman–Crippen LogP) is 1.54. The number of nitrogens with one attached hydrogen (secondary N) is 1. The third-order valence-corrected chi connectivity index (χ3v) is 5.64. The molecule has 0 fully saturated rings. The van der Waals surface area contributed by atoms with Crippen LogP contribution in [0.1, 0.15) is 13.8 Å². The van der Waals surface area contributed by atoms with Gasteiger partial charge in [0.25, 0.3) is 0 Å². The fourth-order valence-corrected chi connectivity index (χ4v) is 3.61. The highest BCUT2D eigenvalue weighted by Gasteiger charge is 2.45. The lowest BCUT2D eigenvalue weighted by molar-refractivity contribution is -0.121. The molecule has 1 unspecified atom stereocenters. The molecule has 1 aliphatic heterocycles. The third kappa shape index (κ3) is 1.64. The summed E-state index contributed by atoms with van der Waals surface area (Å²) in [5, 5.41) is 2.07. The Balaban J connectivity index is 2.75. The van der Waals surface area contributed by atoms with Crippen molar-refractivity contribution in [1.82, 2.24) is 5.32 Å². The monoisotopic (exact) mass is 252 g/mol. The fraction of sp³-hybridized carbons (Fsp3) is 0.273. The smallest absolute Gasteiger partial charge is 0.274 e. The Morgan fingerprint density at radius 2 is 1.76 bits per heavy atom. The standard InChI is InChI=1S/C11H12N2O3S/c1-11(2)9(14)12-10(15)13-17(11,16)8-6-4-3-5-7-8/h3-7H,1-2H3,(H,12,14,15). The molecule has 0 saturated heterocycles. The number of hydrogen-bond acceptors (Lipinski definition) is 3. The summed E-state index contributed by atoms with van der Waals surface area (Å²) in [5.41, 5.74) is 0. The summed E-state index contributed by atoms with van der Waals surface area (Å²) in [6.07, 6.45) is 0. The normalized spacial score (nSPS) is 27.2. The Hall–Kier alpha value is -1.69. The quantitative estimate of drug-likeness (QED) is 0.823. The molecular weight excluding hydrogens is 240 g/mol. The van der Waals surface area contributed by atoms with Gasteiger partial charge < -0.3 is 0 Å². The van der Waals surface area contributed by atoms with E-state index >= 15 is 0 Å². The second kappa shape index (κ2) is 3.66. The van der Waals surface area contributed by atoms with Crippen LogP contribution in [0.25, 0.3) is 0 Å². The van der Waals surface area contributed by atoms with E-state index in [9.17, 15) is 13.8 Å². The summed E-state index contributed by atoms with van der Waals surface area (Å²) < 4.78 is 15.2. The van der Waals surface area contributed by atoms with Crippen molar-refractivity contribution in [3.05, 3.63) is 30.3 Å². The van der Waals surface area contributed by atoms with E-state index in [0.29, 0.717) is 4.90 Å². The molecule has 6 heteroatoms. The summed E-state index contributed by atoms with van der Waals surface area (Å²) in [4.78, 5) is 23.4. The van der Waals surface area contributed by atoms with Gasteiger partial charge in [0.05, 0.1) is 9.73 Å². The zero-order valence-corrected chi connectivity index (χ0v) is 10.3. The van der Waals surface area contributed by atoms with Gasteiger partial charge in [-0.2, -0.15) is 0 Å². The number of urea groups is 1. The van der Waals surface area contributed by atoms with Gasteiger partial charge in [-0.15, -0.1) is 4.36 Å². The molecule has 3 amide bonds. The first kappa shape index (κ1) is 11.8. The molecular formula is C11H12N2O3S. The van der Waals surface area contributed by atoms with Crippen molar-refractivity contribution < 1.29 is 13.8 Å². The van der Waals surface area contributed by atoms with Crippen LogP contribution < -0.4 is 5.32 Å². The van der Waals surface area contributed by atoms with Crippen LogP contribution in [0.15, 0.2) is 39.6 Å². The first-order valence-electron chi connectivity index (χ1n) is 5.05. The first-order valence-corrected chi connectivity index (χ1v) is 6.57. The molecule has 0 saturated carbocycles. The molecule has 1 aromatic rings. The Kier molecular flexibility index (Phi) is 2.54. The number of benzene rings is 1. The number of nitrogens with zero attached hydrogens (tertiary/aromatic N) is 1. The van der Waals surface area contributed by atoms with Gasteiger partial charge in [-0.25, -0.2) is 9.00 Å². The molecule has 0 aliphatic carbocycles. The Morgan fingerprint density at radius 1 is 1.18 bits per heavy atom. The maximum atomic E-state index is 12.8. The summed E-state index contributed by atoms with van der Waals surface area (Å²) in [5.74, 6) is -0.564. The molecule has 0 aromatic heterocycles. The lowest BCUT2D eigenvalue weighted by atomic mass is 10.2. The molecule has 0 bridgehead atoms. The van der Waals surface area contributed by atoms with Crippen LogP contribution in [0.4, 0.5) is 4.79 Å². The van der Waals surface area contributed by atoms with E-state index in [-0.39, 0.29) is 0 Å². The molecule has 2 rings (SSSR count). The molecule has 1 heterocycles. The van der Waals surface area contributed by atoms with Crippen molar-refractivity contribution >= 4 is 21.7 Å². The second-order valence-electron chi connectivity index (χ2n) is 4.20. The van der Waals surface area contributed by atoms with E-state index < -0.39 is 26.4 Å². The molecule has 1 atom stereocenters. The van der Waals surface area contributed by atoms with E-state index in [1.54, 1.807) is 30.3 Å². The van der Waals surface area contributed by atoms with Crippen molar-refractivity contribution in [3.8, 4) is 0 Å². The van der Waals surface area contributed by atoms with E-state index in [1.807, 2.05) is 0 Å². The van der Waals surface area contributed by atoms with Gasteiger partial charge in [-0.05, 0) is 26.0 Å². The van der Waals surface area contributed by atoms with E-state index in [1.165, 1.54) is 13.8 Å². The Bertz CT molecular complexity index is 598. The third-order valence-electron chi connectivity index (χ3n) is 2.73. The predicted molar refractivity (Wildman–Crippen MR) is 62.9 cm³/mol. The highest BCUT2D eigenvalue weighted by molar-refractivity contribution is 7.96. The molecule has 5 nitrogen and oxygen atoms in total. The topological polar surface area (TPSA) is 75.6 Å². The molecule has 1 aliphatic rings. The minimum atomic E-state index is -3.08. The summed E-state index contributed by atoms with van der Waals surface area (Å²) >= 11 is 0. The van der Waals surface area contributed by atoms with Crippen LogP contribution in [0, 0.1) is 0 Å². The minimum absolute atomic E-state index is 0.396. The maximum Gasteiger partial charge on any atom is 0.356 e. The SMILES string of the molecule is CC1(C)C(=O)NC(=O)N=S1(=O)c1ccccc1. The molecule has 0 spiro atoms. The zero-order valence-electron chi connectivity index (χ0n) is 9.47. The highest BCUT2D eigenvalue weighted by Crippen LogP contribution is 2.30. The van der Waals surface area contributed by atoms with Gasteiger partial charge in [0.15, 0.2) is 0 Å². The minimum Gasteiger partial charge on any atom is -0.274 e. The van der Waals surface area contributed by atoms with E-state index in [2.05, 4.69) is 9.68 Å². The summed E-state index contributed by atoms with van der Waals surface area (Å²) in [6.45, 7) is 3.04. The van der Waals surface area contributed by atoms with Crippen molar-refractivity contribution in [1.29, 1.82) is 0 Å². The average Bonchev–Trinajstić information content (AvgIpc) is 2.28. The van der Waals surface area contributed by atoms with Crippen molar-refractivity contribution in [2.75, 3.05) is 0 Å². The van der Waals surface area contributed by atoms with Crippen LogP contribution in [-0.4, -0.2) is 20.9 Å². The van der Waals surface area contributed by atoms with Crippen LogP contribution in [0.5, 0.6) is 0 Å². The van der Waals surface area contributed by atoms with Crippen LogP contribution >= 0.6 is 0 Å². The Morgan fingerprint density at radius 3 is 2.35 bits per heavy atom. The van der Waals surface area contributed by atoms with Gasteiger partial charge in [-0.3, -0.25) is 10.1 Å². The summed E-state index contributed by atoms with van der Waals surface area (Å²) in [6, 6.07) is 7.54. The van der Waals surface area contributed by atoms with Gasteiger partial charge in [-0.1, -0.05) is 18.2 Å². The molecule has 90 valence electrons. The van der Waals surface area contributed by atoms with Gasteiger partial charge in [0.2, 0.25) is 5.91 Å². The van der Waals surface area contributed by atoms with E-state index in [4.69, 9.17) is 0 Å². The summed E-state index contributed by atoms with van der Waals surface area (Å²) in [7, 11) is -3.08. The zero-order chi connectivity index (χ0) is 12.7. The second-order valence-corrected chi connectivity index (χ2v) is 6.93.